The highest BCUT2D eigenvalue weighted by Crippen LogP contribution is 2.30. The van der Waals surface area contributed by atoms with Gasteiger partial charge in [0.25, 0.3) is 0 Å². The van der Waals surface area contributed by atoms with Gasteiger partial charge >= 0.3 is 12.1 Å². The number of hydrogen-bond acceptors (Lipinski definition) is 9. The van der Waals surface area contributed by atoms with Crippen molar-refractivity contribution in [3.63, 3.8) is 0 Å². The predicted molar refractivity (Wildman–Crippen MR) is 92.4 cm³/mol. The maximum absolute atomic E-state index is 12.8. The lowest BCUT2D eigenvalue weighted by Gasteiger charge is -2.03. The number of fused-ring (bicyclic) bond motifs is 1. The van der Waals surface area contributed by atoms with Crippen LogP contribution in [-0.2, 0) is 21.7 Å². The molecular formula is C15H12F3N7O3S. The number of imidazole rings is 1. The van der Waals surface area contributed by atoms with Crippen molar-refractivity contribution in [2.45, 2.75) is 18.9 Å². The molecule has 0 aliphatic carbocycles. The average molecular weight is 427 g/mol. The topological polar surface area (TPSA) is 125 Å². The van der Waals surface area contributed by atoms with Gasteiger partial charge in [-0.05, 0) is 19.1 Å². The van der Waals surface area contributed by atoms with Crippen molar-refractivity contribution >= 4 is 21.2 Å². The molecule has 0 spiro atoms. The first-order valence-corrected chi connectivity index (χ1v) is 10.1. The van der Waals surface area contributed by atoms with Crippen LogP contribution in [0.3, 0.4) is 0 Å². The normalized spacial score (nSPS) is 14.2. The van der Waals surface area contributed by atoms with E-state index >= 15 is 0 Å². The Bertz CT molecular complexity index is 1300. The van der Waals surface area contributed by atoms with E-state index in [4.69, 9.17) is 0 Å². The van der Waals surface area contributed by atoms with E-state index < -0.39 is 21.8 Å². The molecule has 1 unspecified atom stereocenters. The number of aromatic nitrogens is 6. The van der Waals surface area contributed by atoms with E-state index in [2.05, 4.69) is 38.7 Å². The van der Waals surface area contributed by atoms with Crippen molar-refractivity contribution in [2.75, 3.05) is 6.26 Å². The Morgan fingerprint density at radius 1 is 1.28 bits per heavy atom. The summed E-state index contributed by atoms with van der Waals surface area (Å²) < 4.78 is 65.5. The number of rotatable bonds is 4. The monoisotopic (exact) mass is 427 g/mol. The number of hydrogen-bond donors (Lipinski definition) is 0. The van der Waals surface area contributed by atoms with E-state index in [0.717, 1.165) is 6.39 Å². The van der Waals surface area contributed by atoms with Crippen LogP contribution < -0.4 is 0 Å². The Kier molecular flexibility index (Phi) is 4.37. The van der Waals surface area contributed by atoms with Gasteiger partial charge in [0.15, 0.2) is 11.6 Å². The van der Waals surface area contributed by atoms with E-state index in [1.54, 1.807) is 11.3 Å². The molecule has 0 saturated carbocycles. The molecule has 0 aromatic carbocycles. The van der Waals surface area contributed by atoms with Crippen LogP contribution in [0.2, 0.25) is 0 Å². The molecule has 0 fully saturated rings. The maximum atomic E-state index is 12.8. The largest absolute Gasteiger partial charge is 0.471 e. The Morgan fingerprint density at radius 2 is 2.07 bits per heavy atom. The molecule has 0 aliphatic rings. The number of alkyl halides is 3. The molecule has 0 saturated heterocycles. The van der Waals surface area contributed by atoms with Crippen molar-refractivity contribution < 1.29 is 26.4 Å². The quantitative estimate of drug-likeness (QED) is 0.487. The minimum absolute atomic E-state index is 0.0165. The molecule has 0 N–H and O–H groups in total. The molecular weight excluding hydrogens is 415 g/mol. The fourth-order valence-electron chi connectivity index (χ4n) is 2.57. The Morgan fingerprint density at radius 3 is 2.72 bits per heavy atom. The molecule has 0 radical (unpaired) electrons. The summed E-state index contributed by atoms with van der Waals surface area (Å²) in [6.07, 6.45) is -0.620. The Labute approximate surface area is 160 Å². The zero-order valence-corrected chi connectivity index (χ0v) is 15.7. The molecule has 0 aliphatic heterocycles. The van der Waals surface area contributed by atoms with Crippen molar-refractivity contribution in [3.8, 4) is 11.4 Å². The summed E-state index contributed by atoms with van der Waals surface area (Å²) in [5, 5.41) is 6.98. The van der Waals surface area contributed by atoms with E-state index in [9.17, 15) is 17.4 Å². The van der Waals surface area contributed by atoms with Crippen LogP contribution in [0.4, 0.5) is 19.0 Å². The van der Waals surface area contributed by atoms with Crippen LogP contribution in [-0.4, -0.2) is 40.1 Å². The molecule has 29 heavy (non-hydrogen) atoms. The first-order valence-electron chi connectivity index (χ1n) is 7.97. The van der Waals surface area contributed by atoms with Crippen molar-refractivity contribution in [2.24, 2.45) is 4.36 Å². The standard InChI is InChI=1S/C15H12F3N7O3S/c1-8-13(24-29(2,26)6-10-19-7-27-22-10)25-4-3-9(5-11(25)20-8)12-21-14(28-23-12)15(16,17)18/h3-5,7H,6H2,1-2H3. The lowest BCUT2D eigenvalue weighted by Crippen LogP contribution is -2.04. The van der Waals surface area contributed by atoms with E-state index in [-0.39, 0.29) is 23.0 Å². The van der Waals surface area contributed by atoms with Gasteiger partial charge in [-0.2, -0.15) is 27.5 Å². The SMILES string of the molecule is Cc1nc2cc(-c3noc(C(F)(F)F)n3)ccn2c1N=S(C)(=O)Cc1ncon1. The lowest BCUT2D eigenvalue weighted by atomic mass is 10.2. The van der Waals surface area contributed by atoms with Gasteiger partial charge in [0.05, 0.1) is 21.2 Å². The molecule has 4 rings (SSSR count). The minimum Gasteiger partial charge on any atom is -0.343 e. The third kappa shape index (κ3) is 3.83. The fraction of sp³-hybridized carbons (Fsp3) is 0.267. The summed E-state index contributed by atoms with van der Waals surface area (Å²) in [5.74, 6) is -1.08. The van der Waals surface area contributed by atoms with E-state index in [1.807, 2.05) is 0 Å². The first kappa shape index (κ1) is 19.0. The third-order valence-corrected chi connectivity index (χ3v) is 5.13. The lowest BCUT2D eigenvalue weighted by molar-refractivity contribution is -0.159. The molecule has 0 amide bonds. The molecule has 152 valence electrons. The summed E-state index contributed by atoms with van der Waals surface area (Å²) in [6.45, 7) is 1.67. The molecule has 4 heterocycles. The first-order chi connectivity index (χ1) is 13.6. The third-order valence-electron chi connectivity index (χ3n) is 3.78. The number of pyridine rings is 1. The fourth-order valence-corrected chi connectivity index (χ4v) is 3.82. The van der Waals surface area contributed by atoms with Gasteiger partial charge in [0.2, 0.25) is 12.2 Å². The van der Waals surface area contributed by atoms with Crippen LogP contribution >= 0.6 is 0 Å². The Balaban J connectivity index is 1.73. The van der Waals surface area contributed by atoms with Gasteiger partial charge < -0.3 is 9.05 Å². The minimum atomic E-state index is -4.73. The summed E-state index contributed by atoms with van der Waals surface area (Å²) in [5.41, 5.74) is 1.12. The van der Waals surface area contributed by atoms with Gasteiger partial charge in [-0.3, -0.25) is 4.40 Å². The van der Waals surface area contributed by atoms with Crippen LogP contribution in [0.5, 0.6) is 0 Å². The van der Waals surface area contributed by atoms with Gasteiger partial charge in [-0.15, -0.1) is 0 Å². The van der Waals surface area contributed by atoms with Crippen LogP contribution in [0.15, 0.2) is 38.1 Å². The molecule has 14 heteroatoms. The number of nitrogens with zero attached hydrogens (tertiary/aromatic N) is 7. The smallest absolute Gasteiger partial charge is 0.343 e. The van der Waals surface area contributed by atoms with Gasteiger partial charge in [-0.1, -0.05) is 10.3 Å². The van der Waals surface area contributed by atoms with Crippen LogP contribution in [0.1, 0.15) is 17.4 Å². The zero-order chi connectivity index (χ0) is 20.8. The number of aryl methyl sites for hydroxylation is 1. The summed E-state index contributed by atoms with van der Waals surface area (Å²) in [4.78, 5) is 11.5. The molecule has 0 bridgehead atoms. The number of halogens is 3. The van der Waals surface area contributed by atoms with Crippen LogP contribution in [0, 0.1) is 6.92 Å². The van der Waals surface area contributed by atoms with Gasteiger partial charge in [0.1, 0.15) is 5.65 Å². The highest BCUT2D eigenvalue weighted by Gasteiger charge is 2.38. The second-order valence-corrected chi connectivity index (χ2v) is 8.52. The van der Waals surface area contributed by atoms with E-state index in [1.165, 1.54) is 24.6 Å². The van der Waals surface area contributed by atoms with Crippen molar-refractivity contribution in [1.82, 2.24) is 29.7 Å². The highest BCUT2D eigenvalue weighted by molar-refractivity contribution is 7.92. The molecule has 10 nitrogen and oxygen atoms in total. The summed E-state index contributed by atoms with van der Waals surface area (Å²) >= 11 is 0. The summed E-state index contributed by atoms with van der Waals surface area (Å²) in [6, 6.07) is 2.96. The van der Waals surface area contributed by atoms with Gasteiger partial charge in [-0.25, -0.2) is 9.19 Å². The second-order valence-electron chi connectivity index (χ2n) is 6.13. The molecule has 4 aromatic heterocycles. The van der Waals surface area contributed by atoms with E-state index in [0.29, 0.717) is 17.2 Å². The van der Waals surface area contributed by atoms with Gasteiger partial charge in [0, 0.05) is 18.0 Å². The molecule has 1 atom stereocenters. The zero-order valence-electron chi connectivity index (χ0n) is 14.9. The average Bonchev–Trinajstić information content (AvgIpc) is 3.35. The Hall–Kier alpha value is -3.29. The van der Waals surface area contributed by atoms with Crippen molar-refractivity contribution in [1.29, 1.82) is 0 Å². The second kappa shape index (κ2) is 6.65. The maximum Gasteiger partial charge on any atom is 0.471 e. The highest BCUT2D eigenvalue weighted by atomic mass is 32.2. The predicted octanol–water partition coefficient (Wildman–Crippen LogP) is 3.02. The van der Waals surface area contributed by atoms with Crippen molar-refractivity contribution in [3.05, 3.63) is 42.1 Å². The van der Waals surface area contributed by atoms with Crippen LogP contribution in [0.25, 0.3) is 17.0 Å². The molecule has 4 aromatic rings. The summed E-state index contributed by atoms with van der Waals surface area (Å²) in [7, 11) is -2.75.